The molecule has 0 fully saturated rings. The number of hydrogen-bond donors (Lipinski definition) is 4. The van der Waals surface area contributed by atoms with E-state index in [2.05, 4.69) is 9.05 Å². The first-order chi connectivity index (χ1) is 7.94. The zero-order chi connectivity index (χ0) is 14.6. The molecular formula is C6H18Ca4O10P2. The third kappa shape index (κ3) is 22.1. The molecule has 0 rings (SSSR count). The molecule has 0 aliphatic heterocycles. The van der Waals surface area contributed by atoms with Crippen molar-refractivity contribution in [1.29, 1.82) is 0 Å². The maximum absolute atomic E-state index is 11.1. The molecular weight excluding hydrogens is 454 g/mol. The van der Waals surface area contributed by atoms with Crippen molar-refractivity contribution in [2.45, 2.75) is 13.3 Å². The van der Waals surface area contributed by atoms with Crippen molar-refractivity contribution >= 4 is 179 Å². The van der Waals surface area contributed by atoms with E-state index < -0.39 is 33.2 Å². The van der Waals surface area contributed by atoms with Crippen LogP contribution in [0.25, 0.3) is 0 Å². The maximum Gasteiger partial charge on any atom is 2.00 e. The van der Waals surface area contributed by atoms with Gasteiger partial charge in [0.05, 0.1) is 0 Å². The fourth-order valence-electron chi connectivity index (χ4n) is 0.758. The Morgan fingerprint density at radius 2 is 1.32 bits per heavy atom. The zero-order valence-electron chi connectivity index (χ0n) is 19.7. The van der Waals surface area contributed by atoms with E-state index in [0.29, 0.717) is 6.08 Å². The van der Waals surface area contributed by atoms with Crippen molar-refractivity contribution in [2.75, 3.05) is 0 Å². The van der Waals surface area contributed by atoms with E-state index in [-0.39, 0.29) is 169 Å². The summed E-state index contributed by atoms with van der Waals surface area (Å²) in [4.78, 5) is 55.3. The predicted octanol–water partition coefficient (Wildman–Crippen LogP) is -1.03. The van der Waals surface area contributed by atoms with Crippen LogP contribution in [-0.4, -0.2) is 182 Å². The van der Waals surface area contributed by atoms with Crippen LogP contribution in [0.15, 0.2) is 11.6 Å². The van der Waals surface area contributed by atoms with Crippen LogP contribution in [-0.2, 0) is 27.8 Å². The minimum Gasteiger partial charge on any atom is -1.00 e. The van der Waals surface area contributed by atoms with Crippen LogP contribution < -0.4 is 0 Å². The second-order valence-electron chi connectivity index (χ2n) is 2.79. The molecule has 0 aromatic carbocycles. The van der Waals surface area contributed by atoms with Gasteiger partial charge in [-0.25, -0.2) is 18.7 Å². The number of carbonyl (C=O) groups excluding carboxylic acids is 2. The van der Waals surface area contributed by atoms with E-state index in [1.165, 1.54) is 6.92 Å². The van der Waals surface area contributed by atoms with E-state index in [9.17, 15) is 18.7 Å². The van der Waals surface area contributed by atoms with Gasteiger partial charge in [-0.2, -0.15) is 0 Å². The molecule has 0 spiro atoms. The van der Waals surface area contributed by atoms with Gasteiger partial charge in [-0.1, -0.05) is 6.92 Å². The standard InChI is InChI=1S/C6H10O10P2.4Ca.8H/c1-2-4(6(8)16-18(12,13)14)3-5(7)15-17(9,10)11;;;;;;;;;;;;/h3H,2H2,1H3,(H2,9,10,11)(H2,12,13,14);;;;;;;;;;;;/q;4*+2;8*-1/b4-3+;;;;;;;;;;;;. The van der Waals surface area contributed by atoms with Crippen LogP contribution in [0.3, 0.4) is 0 Å². The minimum absolute atomic E-state index is 0. The van der Waals surface area contributed by atoms with Crippen LogP contribution in [0.2, 0.25) is 0 Å². The van der Waals surface area contributed by atoms with Gasteiger partial charge in [0.25, 0.3) is 0 Å². The summed E-state index contributed by atoms with van der Waals surface area (Å²) in [6.07, 6.45) is 0.201. The Morgan fingerprint density at radius 3 is 1.59 bits per heavy atom. The smallest absolute Gasteiger partial charge is 1.00 e. The number of phosphoric acid groups is 2. The van der Waals surface area contributed by atoms with E-state index >= 15 is 0 Å². The summed E-state index contributed by atoms with van der Waals surface area (Å²) < 4.78 is 27.9. The first kappa shape index (κ1) is 36.9. The molecule has 10 nitrogen and oxygen atoms in total. The average molecular weight is 472 g/mol. The van der Waals surface area contributed by atoms with Gasteiger partial charge >= 0.3 is 179 Å². The Morgan fingerprint density at radius 1 is 0.955 bits per heavy atom. The van der Waals surface area contributed by atoms with Gasteiger partial charge in [0.2, 0.25) is 0 Å². The zero-order valence-corrected chi connectivity index (χ0v) is 22.4. The Labute approximate surface area is 257 Å². The van der Waals surface area contributed by atoms with Crippen LogP contribution in [0, 0.1) is 0 Å². The van der Waals surface area contributed by atoms with Gasteiger partial charge in [-0.3, -0.25) is 19.6 Å². The molecule has 0 unspecified atom stereocenters. The molecule has 0 bridgehead atoms. The Bertz CT molecular complexity index is 493. The molecule has 0 aliphatic rings. The van der Waals surface area contributed by atoms with E-state index in [1.807, 2.05) is 0 Å². The van der Waals surface area contributed by atoms with Gasteiger partial charge in [-0.05, 0) is 6.42 Å². The predicted molar refractivity (Wildman–Crippen MR) is 86.6 cm³/mol. The van der Waals surface area contributed by atoms with Gasteiger partial charge in [-0.15, -0.1) is 0 Å². The third-order valence-corrected chi connectivity index (χ3v) is 2.17. The number of rotatable bonds is 5. The van der Waals surface area contributed by atoms with E-state index in [4.69, 9.17) is 19.6 Å². The second kappa shape index (κ2) is 17.1. The van der Waals surface area contributed by atoms with Crippen molar-refractivity contribution < 1.29 is 58.8 Å². The SMILES string of the molecule is CC/C(=C\C(=O)OP(=O)(O)O)C(=O)OP(=O)(O)O.[Ca+2].[Ca+2].[Ca+2].[Ca+2].[H-].[H-].[H-].[H-].[H-].[H-].[H-].[H-]. The summed E-state index contributed by atoms with van der Waals surface area (Å²) in [5.74, 6) is -3.03. The molecule has 0 heterocycles. The average Bonchev–Trinajstić information content (AvgIpc) is 2.07. The summed E-state index contributed by atoms with van der Waals surface area (Å²) in [6.45, 7) is 1.34. The number of hydrogen-bond acceptors (Lipinski definition) is 6. The summed E-state index contributed by atoms with van der Waals surface area (Å²) >= 11 is 0. The number of carbonyl (C=O) groups is 2. The first-order valence-electron chi connectivity index (χ1n) is 4.23. The summed E-state index contributed by atoms with van der Waals surface area (Å²) in [5, 5.41) is 0. The maximum atomic E-state index is 11.1. The molecule has 4 N–H and O–H groups in total. The molecule has 0 aliphatic carbocycles. The van der Waals surface area contributed by atoms with E-state index in [0.717, 1.165) is 0 Å². The largest absolute Gasteiger partial charge is 2.00 e. The monoisotopic (exact) mass is 472 g/mol. The van der Waals surface area contributed by atoms with Crippen LogP contribution in [0.4, 0.5) is 0 Å². The Hall–Kier alpha value is 4.02. The van der Waals surface area contributed by atoms with Crippen molar-refractivity contribution in [3.8, 4) is 0 Å². The summed E-state index contributed by atoms with van der Waals surface area (Å²) in [6, 6.07) is 0. The fraction of sp³-hybridized carbons (Fsp3) is 0.333. The van der Waals surface area contributed by atoms with Crippen LogP contribution >= 0.6 is 15.6 Å². The molecule has 0 saturated heterocycles. The molecule has 0 aromatic heterocycles. The van der Waals surface area contributed by atoms with Gasteiger partial charge in [0, 0.05) is 11.6 Å². The first-order valence-corrected chi connectivity index (χ1v) is 7.30. The summed E-state index contributed by atoms with van der Waals surface area (Å²) in [7, 11) is -10.1. The van der Waals surface area contributed by atoms with Crippen molar-refractivity contribution in [1.82, 2.24) is 0 Å². The van der Waals surface area contributed by atoms with E-state index in [1.54, 1.807) is 0 Å². The normalized spacial score (nSPS) is 10.7. The second-order valence-corrected chi connectivity index (χ2v) is 5.12. The van der Waals surface area contributed by atoms with Gasteiger partial charge in [0.15, 0.2) is 0 Å². The topological polar surface area (TPSA) is 168 Å². The molecule has 0 amide bonds. The molecule has 22 heavy (non-hydrogen) atoms. The molecule has 0 aromatic rings. The van der Waals surface area contributed by atoms with Crippen molar-refractivity contribution in [2.24, 2.45) is 0 Å². The molecule has 16 heteroatoms. The fourth-order valence-corrected chi connectivity index (χ4v) is 1.38. The molecule has 120 valence electrons. The van der Waals surface area contributed by atoms with Gasteiger partial charge in [0.1, 0.15) is 0 Å². The van der Waals surface area contributed by atoms with Crippen molar-refractivity contribution in [3.05, 3.63) is 11.6 Å². The molecule has 0 radical (unpaired) electrons. The van der Waals surface area contributed by atoms with Gasteiger partial charge < -0.3 is 20.5 Å². The van der Waals surface area contributed by atoms with Crippen molar-refractivity contribution in [3.63, 3.8) is 0 Å². The quantitative estimate of drug-likeness (QED) is 0.221. The van der Waals surface area contributed by atoms with Crippen LogP contribution in [0.5, 0.6) is 0 Å². The number of phosphoric ester groups is 2. The minimum atomic E-state index is -5.07. The van der Waals surface area contributed by atoms with Crippen LogP contribution in [0.1, 0.15) is 24.8 Å². The molecule has 0 saturated carbocycles. The Kier molecular flexibility index (Phi) is 28.7. The third-order valence-electron chi connectivity index (χ3n) is 1.35. The molecule has 0 atom stereocenters. The summed E-state index contributed by atoms with van der Waals surface area (Å²) in [5.41, 5.74) is -0.517. The Balaban J connectivity index is -0.0000000219.